The molecular formula is C25H29NO2. The van der Waals surface area contributed by atoms with Crippen LogP contribution >= 0.6 is 0 Å². The van der Waals surface area contributed by atoms with Crippen LogP contribution < -0.4 is 4.74 Å². The number of benzene rings is 2. The molecule has 2 aromatic rings. The number of Topliss-reactive ketones (excluding diaryl/α,β-unsaturated/α-hetero) is 1. The number of carbonyl (C=O) groups excluding carboxylic acids is 1. The van der Waals surface area contributed by atoms with Crippen molar-refractivity contribution in [2.24, 2.45) is 11.8 Å². The summed E-state index contributed by atoms with van der Waals surface area (Å²) in [5.74, 6) is 2.00. The van der Waals surface area contributed by atoms with Crippen LogP contribution in [0.2, 0.25) is 0 Å². The first-order valence-corrected chi connectivity index (χ1v) is 10.5. The number of hydrogen-bond acceptors (Lipinski definition) is 3. The maximum absolute atomic E-state index is 12.5. The molecule has 2 heterocycles. The molecule has 2 saturated heterocycles. The van der Waals surface area contributed by atoms with E-state index in [0.29, 0.717) is 23.8 Å². The maximum Gasteiger partial charge on any atom is 0.134 e. The molecule has 0 aromatic heterocycles. The summed E-state index contributed by atoms with van der Waals surface area (Å²) in [5, 5.41) is 0. The summed E-state index contributed by atoms with van der Waals surface area (Å²) in [5.41, 5.74) is 4.40. The number of methoxy groups -OCH3 is 1. The van der Waals surface area contributed by atoms with Crippen molar-refractivity contribution < 1.29 is 9.53 Å². The molecule has 0 spiro atoms. The smallest absolute Gasteiger partial charge is 0.134 e. The van der Waals surface area contributed by atoms with Crippen LogP contribution in [0.4, 0.5) is 0 Å². The van der Waals surface area contributed by atoms with Crippen molar-refractivity contribution >= 4 is 5.78 Å². The van der Waals surface area contributed by atoms with Crippen LogP contribution in [0.15, 0.2) is 48.5 Å². The third-order valence-electron chi connectivity index (χ3n) is 7.83. The van der Waals surface area contributed by atoms with E-state index in [0.717, 1.165) is 31.6 Å². The number of fused-ring (bicyclic) bond motifs is 2. The van der Waals surface area contributed by atoms with Crippen LogP contribution in [0.3, 0.4) is 0 Å². The Kier molecular flexibility index (Phi) is 4.13. The lowest BCUT2D eigenvalue weighted by Crippen LogP contribution is -2.69. The maximum atomic E-state index is 12.5. The second-order valence-electron chi connectivity index (χ2n) is 9.20. The van der Waals surface area contributed by atoms with Crippen LogP contribution in [-0.2, 0) is 23.2 Å². The third-order valence-corrected chi connectivity index (χ3v) is 7.83. The molecule has 1 saturated carbocycles. The summed E-state index contributed by atoms with van der Waals surface area (Å²) in [6.45, 7) is 5.17. The Labute approximate surface area is 167 Å². The molecule has 4 bridgehead atoms. The summed E-state index contributed by atoms with van der Waals surface area (Å²) in [6.07, 6.45) is 3.17. The Morgan fingerprint density at radius 1 is 1.18 bits per heavy atom. The zero-order chi connectivity index (χ0) is 19.5. The standard InChI is InChI=1S/C25H29NO2/c1-16(27)20-13-22-23-11-18-9-10-19(28-3)12-21(18)25(22,2)14-24(20)26(23)15-17-7-5-4-6-8-17/h4-10,12,20,22-24H,11,13-15H2,1-3H3/t20?,22?,23?,24?,25-/m0/s1. The molecule has 28 heavy (non-hydrogen) atoms. The molecule has 2 aliphatic carbocycles. The highest BCUT2D eigenvalue weighted by atomic mass is 16.5. The minimum absolute atomic E-state index is 0.136. The zero-order valence-corrected chi connectivity index (χ0v) is 17.0. The molecule has 146 valence electrons. The number of piperidine rings is 2. The van der Waals surface area contributed by atoms with E-state index in [1.54, 1.807) is 14.0 Å². The van der Waals surface area contributed by atoms with Crippen molar-refractivity contribution in [1.82, 2.24) is 4.90 Å². The topological polar surface area (TPSA) is 29.5 Å². The van der Waals surface area contributed by atoms with Gasteiger partial charge in [0, 0.05) is 24.5 Å². The average molecular weight is 376 g/mol. The monoisotopic (exact) mass is 375 g/mol. The number of hydrogen-bond donors (Lipinski definition) is 0. The van der Waals surface area contributed by atoms with Gasteiger partial charge in [-0.05, 0) is 66.3 Å². The predicted molar refractivity (Wildman–Crippen MR) is 111 cm³/mol. The van der Waals surface area contributed by atoms with E-state index < -0.39 is 0 Å². The van der Waals surface area contributed by atoms with Gasteiger partial charge in [-0.1, -0.05) is 43.3 Å². The van der Waals surface area contributed by atoms with Crippen LogP contribution in [0.5, 0.6) is 5.75 Å². The van der Waals surface area contributed by atoms with Gasteiger partial charge in [-0.2, -0.15) is 0 Å². The van der Waals surface area contributed by atoms with E-state index >= 15 is 0 Å². The Balaban J connectivity index is 1.58. The largest absolute Gasteiger partial charge is 0.497 e. The summed E-state index contributed by atoms with van der Waals surface area (Å²) in [4.78, 5) is 15.2. The summed E-state index contributed by atoms with van der Waals surface area (Å²) in [6, 6.07) is 18.2. The normalized spacial score (nSPS) is 33.4. The minimum atomic E-state index is 0.136. The first-order chi connectivity index (χ1) is 13.5. The second kappa shape index (κ2) is 6.45. The van der Waals surface area contributed by atoms with Gasteiger partial charge < -0.3 is 4.74 Å². The SMILES string of the molecule is COc1ccc2c(c1)[C@]1(C)CC3C(C(C)=O)CC1C(C2)N3Cc1ccccc1. The van der Waals surface area contributed by atoms with Gasteiger partial charge in [0.2, 0.25) is 0 Å². The molecule has 3 fully saturated rings. The highest BCUT2D eigenvalue weighted by molar-refractivity contribution is 5.79. The van der Waals surface area contributed by atoms with Crippen molar-refractivity contribution in [2.45, 2.75) is 57.2 Å². The Hall–Kier alpha value is -2.13. The fourth-order valence-electron chi connectivity index (χ4n) is 6.48. The molecule has 3 heteroatoms. The van der Waals surface area contributed by atoms with Crippen LogP contribution in [0, 0.1) is 11.8 Å². The Morgan fingerprint density at radius 2 is 1.96 bits per heavy atom. The predicted octanol–water partition coefficient (Wildman–Crippen LogP) is 4.38. The molecule has 0 N–H and O–H groups in total. The van der Waals surface area contributed by atoms with Crippen LogP contribution in [0.1, 0.15) is 43.4 Å². The summed E-state index contributed by atoms with van der Waals surface area (Å²) >= 11 is 0. The number of carbonyl (C=O) groups is 1. The van der Waals surface area contributed by atoms with Gasteiger partial charge >= 0.3 is 0 Å². The van der Waals surface area contributed by atoms with Gasteiger partial charge in [-0.15, -0.1) is 0 Å². The Bertz CT molecular complexity index is 908. The number of ether oxygens (including phenoxy) is 1. The quantitative estimate of drug-likeness (QED) is 0.794. The van der Waals surface area contributed by atoms with Gasteiger partial charge in [0.1, 0.15) is 11.5 Å². The molecule has 2 aromatic carbocycles. The molecule has 2 aliphatic heterocycles. The highest BCUT2D eigenvalue weighted by Gasteiger charge is 2.60. The first kappa shape index (κ1) is 17.9. The van der Waals surface area contributed by atoms with Crippen LogP contribution in [-0.4, -0.2) is 29.9 Å². The van der Waals surface area contributed by atoms with Crippen LogP contribution in [0.25, 0.3) is 0 Å². The van der Waals surface area contributed by atoms with Gasteiger partial charge in [0.25, 0.3) is 0 Å². The molecule has 0 radical (unpaired) electrons. The molecule has 0 amide bonds. The molecule has 3 nitrogen and oxygen atoms in total. The molecule has 5 atom stereocenters. The van der Waals surface area contributed by atoms with Crippen molar-refractivity contribution in [3.8, 4) is 5.75 Å². The minimum Gasteiger partial charge on any atom is -0.497 e. The van der Waals surface area contributed by atoms with Crippen molar-refractivity contribution in [3.05, 3.63) is 65.2 Å². The lowest BCUT2D eigenvalue weighted by Gasteiger charge is -2.64. The average Bonchev–Trinajstić information content (AvgIpc) is 2.70. The van der Waals surface area contributed by atoms with Crippen molar-refractivity contribution in [3.63, 3.8) is 0 Å². The Morgan fingerprint density at radius 3 is 2.68 bits per heavy atom. The van der Waals surface area contributed by atoms with Gasteiger partial charge in [-0.3, -0.25) is 9.69 Å². The second-order valence-corrected chi connectivity index (χ2v) is 9.20. The first-order valence-electron chi connectivity index (χ1n) is 10.5. The third kappa shape index (κ3) is 2.56. The van der Waals surface area contributed by atoms with Crippen molar-refractivity contribution in [2.75, 3.05) is 7.11 Å². The fraction of sp³-hybridized carbons (Fsp3) is 0.480. The van der Waals surface area contributed by atoms with E-state index in [4.69, 9.17) is 4.74 Å². The van der Waals surface area contributed by atoms with Gasteiger partial charge in [0.05, 0.1) is 7.11 Å². The van der Waals surface area contributed by atoms with Gasteiger partial charge in [-0.25, -0.2) is 0 Å². The molecule has 6 rings (SSSR count). The number of nitrogens with zero attached hydrogens (tertiary/aromatic N) is 1. The zero-order valence-electron chi connectivity index (χ0n) is 17.0. The lowest BCUT2D eigenvalue weighted by atomic mass is 9.49. The molecular weight excluding hydrogens is 346 g/mol. The fourth-order valence-corrected chi connectivity index (χ4v) is 6.48. The van der Waals surface area contributed by atoms with E-state index in [-0.39, 0.29) is 11.3 Å². The van der Waals surface area contributed by atoms with E-state index in [1.807, 2.05) is 0 Å². The summed E-state index contributed by atoms with van der Waals surface area (Å²) < 4.78 is 5.54. The number of ketones is 1. The van der Waals surface area contributed by atoms with E-state index in [9.17, 15) is 4.79 Å². The lowest BCUT2D eigenvalue weighted by molar-refractivity contribution is -0.142. The van der Waals surface area contributed by atoms with Gasteiger partial charge in [0.15, 0.2) is 0 Å². The van der Waals surface area contributed by atoms with Crippen molar-refractivity contribution in [1.29, 1.82) is 0 Å². The molecule has 4 unspecified atom stereocenters. The van der Waals surface area contributed by atoms with E-state index in [2.05, 4.69) is 60.4 Å². The number of rotatable bonds is 4. The van der Waals surface area contributed by atoms with E-state index in [1.165, 1.54) is 16.7 Å². The molecule has 4 aliphatic rings. The highest BCUT2D eigenvalue weighted by Crippen LogP contribution is 2.58. The summed E-state index contributed by atoms with van der Waals surface area (Å²) in [7, 11) is 1.75.